The molecule has 0 aromatic heterocycles. The fourth-order valence-electron chi connectivity index (χ4n) is 1.15. The molecule has 0 fully saturated rings. The molecule has 0 aliphatic carbocycles. The molecule has 5 nitrogen and oxygen atoms in total. The van der Waals surface area contributed by atoms with Crippen LogP contribution in [0.1, 0.15) is 6.92 Å². The molecule has 96 valence electrons. The Labute approximate surface area is 103 Å². The first-order valence-corrected chi connectivity index (χ1v) is 6.51. The van der Waals surface area contributed by atoms with Crippen molar-refractivity contribution in [3.63, 3.8) is 0 Å². The number of nitrogen functional groups attached to an aromatic ring is 1. The molecule has 0 bridgehead atoms. The van der Waals surface area contributed by atoms with E-state index < -0.39 is 33.4 Å². The van der Waals surface area contributed by atoms with Gasteiger partial charge in [-0.15, -0.1) is 0 Å². The van der Waals surface area contributed by atoms with Gasteiger partial charge in [0.25, 0.3) is 0 Å². The molecule has 4 N–H and O–H groups in total. The van der Waals surface area contributed by atoms with Gasteiger partial charge in [-0.05, 0) is 19.1 Å². The summed E-state index contributed by atoms with van der Waals surface area (Å²) in [4.78, 5) is -0.636. The molecule has 1 atom stereocenters. The van der Waals surface area contributed by atoms with Crippen molar-refractivity contribution in [1.82, 2.24) is 4.72 Å². The minimum absolute atomic E-state index is 0.0147. The molecular formula is C9H12ClFN2O3S. The molecule has 0 spiro atoms. The first kappa shape index (κ1) is 14.2. The molecule has 0 saturated heterocycles. The molecular weight excluding hydrogens is 271 g/mol. The van der Waals surface area contributed by atoms with Gasteiger partial charge in [0.1, 0.15) is 4.90 Å². The highest BCUT2D eigenvalue weighted by Gasteiger charge is 2.23. The first-order valence-electron chi connectivity index (χ1n) is 4.65. The summed E-state index contributed by atoms with van der Waals surface area (Å²) in [6, 6.07) is 1.34. The van der Waals surface area contributed by atoms with Gasteiger partial charge in [-0.2, -0.15) is 0 Å². The van der Waals surface area contributed by atoms with Crippen LogP contribution in [0.15, 0.2) is 17.0 Å². The molecule has 0 aliphatic heterocycles. The number of hydrogen-bond donors (Lipinski definition) is 3. The lowest BCUT2D eigenvalue weighted by Crippen LogP contribution is -2.35. The van der Waals surface area contributed by atoms with Crippen molar-refractivity contribution in [3.05, 3.63) is 23.0 Å². The Morgan fingerprint density at radius 3 is 2.71 bits per heavy atom. The summed E-state index contributed by atoms with van der Waals surface area (Å²) in [5.74, 6) is -1.06. The molecule has 1 aromatic carbocycles. The average Bonchev–Trinajstić information content (AvgIpc) is 2.22. The fraction of sp³-hybridized carbons (Fsp3) is 0.333. The number of rotatable bonds is 4. The lowest BCUT2D eigenvalue weighted by atomic mass is 10.3. The second-order valence-electron chi connectivity index (χ2n) is 3.51. The maximum absolute atomic E-state index is 13.6. The van der Waals surface area contributed by atoms with E-state index in [1.807, 2.05) is 0 Å². The maximum atomic E-state index is 13.6. The molecule has 0 radical (unpaired) electrons. The van der Waals surface area contributed by atoms with Crippen LogP contribution in [0.25, 0.3) is 0 Å². The Morgan fingerprint density at radius 1 is 1.59 bits per heavy atom. The van der Waals surface area contributed by atoms with E-state index in [1.54, 1.807) is 0 Å². The van der Waals surface area contributed by atoms with E-state index in [9.17, 15) is 12.8 Å². The zero-order valence-corrected chi connectivity index (χ0v) is 10.5. The summed E-state index contributed by atoms with van der Waals surface area (Å²) in [7, 11) is -4.10. The zero-order valence-electron chi connectivity index (χ0n) is 8.94. The summed E-state index contributed by atoms with van der Waals surface area (Å²) in [5.41, 5.74) is 4.93. The van der Waals surface area contributed by atoms with Gasteiger partial charge in [0.15, 0.2) is 5.82 Å². The highest BCUT2D eigenvalue weighted by molar-refractivity contribution is 7.89. The molecule has 17 heavy (non-hydrogen) atoms. The van der Waals surface area contributed by atoms with Crippen molar-refractivity contribution in [3.8, 4) is 0 Å². The summed E-state index contributed by atoms with van der Waals surface area (Å²) >= 11 is 5.61. The number of anilines is 1. The molecule has 8 heteroatoms. The molecule has 0 saturated carbocycles. The predicted octanol–water partition coefficient (Wildman–Crippen LogP) is 0.720. The van der Waals surface area contributed by atoms with Crippen LogP contribution >= 0.6 is 11.6 Å². The number of aliphatic hydroxyl groups is 1. The van der Waals surface area contributed by atoms with Gasteiger partial charge in [0.05, 0.1) is 12.3 Å². The van der Waals surface area contributed by atoms with E-state index in [2.05, 4.69) is 4.72 Å². The number of hydrogen-bond acceptors (Lipinski definition) is 4. The van der Waals surface area contributed by atoms with Crippen LogP contribution in [0.4, 0.5) is 10.1 Å². The SMILES string of the molecule is CC(CO)NS(=O)(=O)c1cc(Cl)cc(N)c1F. The largest absolute Gasteiger partial charge is 0.396 e. The molecule has 0 amide bonds. The number of sulfonamides is 1. The van der Waals surface area contributed by atoms with Crippen LogP contribution in [0.5, 0.6) is 0 Å². The predicted molar refractivity (Wildman–Crippen MR) is 62.7 cm³/mol. The Balaban J connectivity index is 3.24. The summed E-state index contributed by atoms with van der Waals surface area (Å²) in [6.45, 7) is 1.03. The van der Waals surface area contributed by atoms with Gasteiger partial charge in [-0.25, -0.2) is 17.5 Å². The monoisotopic (exact) mass is 282 g/mol. The van der Waals surface area contributed by atoms with Crippen LogP contribution in [0, 0.1) is 5.82 Å². The fourth-order valence-corrected chi connectivity index (χ4v) is 2.80. The molecule has 1 aromatic rings. The highest BCUT2D eigenvalue weighted by atomic mass is 35.5. The van der Waals surface area contributed by atoms with Crippen LogP contribution in [0.2, 0.25) is 5.02 Å². The summed E-state index contributed by atoms with van der Waals surface area (Å²) in [5, 5.41) is 8.77. The third-order valence-electron chi connectivity index (χ3n) is 1.95. The Kier molecular flexibility index (Phi) is 4.31. The van der Waals surface area contributed by atoms with Gasteiger partial charge in [-0.3, -0.25) is 0 Å². The van der Waals surface area contributed by atoms with Crippen molar-refractivity contribution in [2.24, 2.45) is 0 Å². The highest BCUT2D eigenvalue weighted by Crippen LogP contribution is 2.25. The van der Waals surface area contributed by atoms with E-state index in [0.29, 0.717) is 0 Å². The third kappa shape index (κ3) is 3.29. The topological polar surface area (TPSA) is 92.4 Å². The number of halogens is 2. The van der Waals surface area contributed by atoms with Gasteiger partial charge in [0, 0.05) is 11.1 Å². The summed E-state index contributed by atoms with van der Waals surface area (Å²) in [6.07, 6.45) is 0. The van der Waals surface area contributed by atoms with Gasteiger partial charge in [0.2, 0.25) is 10.0 Å². The van der Waals surface area contributed by atoms with Crippen LogP contribution in [-0.4, -0.2) is 26.2 Å². The van der Waals surface area contributed by atoms with Crippen molar-refractivity contribution in [2.75, 3.05) is 12.3 Å². The molecule has 1 rings (SSSR count). The van der Waals surface area contributed by atoms with E-state index in [0.717, 1.165) is 12.1 Å². The number of aliphatic hydroxyl groups excluding tert-OH is 1. The average molecular weight is 283 g/mol. The zero-order chi connectivity index (χ0) is 13.2. The third-order valence-corrected chi connectivity index (χ3v) is 3.76. The minimum Gasteiger partial charge on any atom is -0.396 e. The van der Waals surface area contributed by atoms with Crippen molar-refractivity contribution >= 4 is 27.3 Å². The Hall–Kier alpha value is -0.890. The summed E-state index contributed by atoms with van der Waals surface area (Å²) < 4.78 is 39.2. The lowest BCUT2D eigenvalue weighted by Gasteiger charge is -2.13. The van der Waals surface area contributed by atoms with Crippen molar-refractivity contribution < 1.29 is 17.9 Å². The van der Waals surface area contributed by atoms with Crippen molar-refractivity contribution in [1.29, 1.82) is 0 Å². The molecule has 0 aliphatic rings. The number of benzene rings is 1. The molecule has 0 heterocycles. The smallest absolute Gasteiger partial charge is 0.243 e. The second kappa shape index (κ2) is 5.18. The van der Waals surface area contributed by atoms with Gasteiger partial charge >= 0.3 is 0 Å². The van der Waals surface area contributed by atoms with Crippen LogP contribution in [0.3, 0.4) is 0 Å². The molecule has 1 unspecified atom stereocenters. The van der Waals surface area contributed by atoms with E-state index in [4.69, 9.17) is 22.4 Å². The quantitative estimate of drug-likeness (QED) is 0.710. The normalized spacial score (nSPS) is 13.6. The minimum atomic E-state index is -4.10. The Morgan fingerprint density at radius 2 is 2.18 bits per heavy atom. The van der Waals surface area contributed by atoms with Crippen molar-refractivity contribution in [2.45, 2.75) is 17.9 Å². The Bertz CT molecular complexity index is 521. The van der Waals surface area contributed by atoms with Gasteiger partial charge < -0.3 is 10.8 Å². The van der Waals surface area contributed by atoms with E-state index in [-0.39, 0.29) is 10.7 Å². The van der Waals surface area contributed by atoms with E-state index >= 15 is 0 Å². The maximum Gasteiger partial charge on any atom is 0.243 e. The standard InChI is InChI=1S/C9H12ClFN2O3S/c1-5(4-14)13-17(15,16)8-3-6(10)2-7(12)9(8)11/h2-3,5,13-14H,4,12H2,1H3. The number of nitrogens with two attached hydrogens (primary N) is 1. The first-order chi connectivity index (χ1) is 7.77. The number of nitrogens with one attached hydrogen (secondary N) is 1. The van der Waals surface area contributed by atoms with Crippen LogP contribution in [-0.2, 0) is 10.0 Å². The van der Waals surface area contributed by atoms with E-state index in [1.165, 1.54) is 6.92 Å². The van der Waals surface area contributed by atoms with Crippen LogP contribution < -0.4 is 10.5 Å². The lowest BCUT2D eigenvalue weighted by molar-refractivity contribution is 0.265. The second-order valence-corrected chi connectivity index (χ2v) is 5.63. The van der Waals surface area contributed by atoms with Gasteiger partial charge in [-0.1, -0.05) is 11.6 Å².